The molecule has 0 unspecified atom stereocenters. The molecule has 0 fully saturated rings. The van der Waals surface area contributed by atoms with E-state index in [1.165, 1.54) is 11.8 Å². The minimum absolute atomic E-state index is 1.33. The van der Waals surface area contributed by atoms with E-state index in [1.54, 1.807) is 0 Å². The van der Waals surface area contributed by atoms with Crippen molar-refractivity contribution < 1.29 is 0 Å². The van der Waals surface area contributed by atoms with Gasteiger partial charge in [-0.25, -0.2) is 0 Å². The fourth-order valence-corrected chi connectivity index (χ4v) is 0.745. The lowest BCUT2D eigenvalue weighted by molar-refractivity contribution is 2.15. The largest absolute Gasteiger partial charge is 0.176 e. The summed E-state index contributed by atoms with van der Waals surface area (Å²) in [7, 11) is 0. The van der Waals surface area contributed by atoms with Gasteiger partial charge in [0, 0.05) is 0 Å². The molecule has 0 aromatic heterocycles. The first-order valence-electron chi connectivity index (χ1n) is 1.52. The number of rotatable bonds is 0. The summed E-state index contributed by atoms with van der Waals surface area (Å²) >= 11 is 1.33. The van der Waals surface area contributed by atoms with E-state index in [-0.39, 0.29) is 0 Å². The van der Waals surface area contributed by atoms with Gasteiger partial charge in [-0.3, -0.25) is 0 Å². The molecule has 27 valence electrons. The number of thiol groups is 1. The monoisotopic (exact) mass is 85.0 g/mol. The van der Waals surface area contributed by atoms with Crippen molar-refractivity contribution >= 4 is 11.8 Å². The highest BCUT2D eigenvalue weighted by molar-refractivity contribution is 8.05. The van der Waals surface area contributed by atoms with Crippen LogP contribution in [-0.4, -0.2) is 0 Å². The van der Waals surface area contributed by atoms with E-state index in [4.69, 9.17) is 0 Å². The van der Waals surface area contributed by atoms with Gasteiger partial charge in [-0.1, -0.05) is 12.2 Å². The first-order valence-corrected chi connectivity index (χ1v) is 2.55. The van der Waals surface area contributed by atoms with Crippen molar-refractivity contribution in [3.05, 3.63) is 23.0 Å². The SMILES string of the molecule is C1=C[SH]C=C1. The third-order valence-corrected chi connectivity index (χ3v) is 1.14. The van der Waals surface area contributed by atoms with Crippen molar-refractivity contribution in [3.8, 4) is 0 Å². The zero-order valence-electron chi connectivity index (χ0n) is 2.76. The van der Waals surface area contributed by atoms with Crippen molar-refractivity contribution in [3.63, 3.8) is 0 Å². The molecule has 0 bridgehead atoms. The third-order valence-electron chi connectivity index (χ3n) is 0.455. The Bertz CT molecular complexity index is 61.7. The first kappa shape index (κ1) is 3.04. The third kappa shape index (κ3) is 0.550. The molecule has 0 amide bonds. The molecule has 1 rings (SSSR count). The second kappa shape index (κ2) is 1.31. The Morgan fingerprint density at radius 1 is 1.00 bits per heavy atom. The van der Waals surface area contributed by atoms with Gasteiger partial charge in [0.25, 0.3) is 0 Å². The van der Waals surface area contributed by atoms with Crippen LogP contribution in [0, 0.1) is 0 Å². The molecule has 1 heterocycles. The number of hydrogen-bond acceptors (Lipinski definition) is 0. The van der Waals surface area contributed by atoms with Crippen LogP contribution in [0.5, 0.6) is 0 Å². The fourth-order valence-electron chi connectivity index (χ4n) is 0.248. The quantitative estimate of drug-likeness (QED) is 0.423. The summed E-state index contributed by atoms with van der Waals surface area (Å²) in [5.74, 6) is 0. The summed E-state index contributed by atoms with van der Waals surface area (Å²) in [6.07, 6.45) is 4.09. The predicted octanol–water partition coefficient (Wildman–Crippen LogP) is 1.49. The molecule has 0 aromatic carbocycles. The van der Waals surface area contributed by atoms with Crippen LogP contribution in [-0.2, 0) is 0 Å². The summed E-state index contributed by atoms with van der Waals surface area (Å²) in [4.78, 5) is 0. The van der Waals surface area contributed by atoms with Crippen molar-refractivity contribution in [1.29, 1.82) is 0 Å². The predicted molar refractivity (Wildman–Crippen MR) is 27.3 cm³/mol. The summed E-state index contributed by atoms with van der Waals surface area (Å²) in [6.45, 7) is 0. The Labute approximate surface area is 35.6 Å². The molecule has 0 saturated carbocycles. The topological polar surface area (TPSA) is 0 Å². The van der Waals surface area contributed by atoms with Gasteiger partial charge in [0.1, 0.15) is 0 Å². The molecule has 0 aromatic rings. The molecule has 1 heteroatoms. The average Bonchev–Trinajstić information content (AvgIpc) is 1.76. The molecule has 0 aliphatic carbocycles. The van der Waals surface area contributed by atoms with E-state index in [1.807, 2.05) is 12.2 Å². The molecule has 0 spiro atoms. The van der Waals surface area contributed by atoms with E-state index in [0.717, 1.165) is 0 Å². The van der Waals surface area contributed by atoms with E-state index in [2.05, 4.69) is 10.8 Å². The van der Waals surface area contributed by atoms with Crippen LogP contribution in [0.15, 0.2) is 23.0 Å². The number of hydrogen-bond donors (Lipinski definition) is 1. The van der Waals surface area contributed by atoms with Crippen LogP contribution >= 0.6 is 11.8 Å². The molecular weight excluding hydrogens is 80.1 g/mol. The summed E-state index contributed by atoms with van der Waals surface area (Å²) in [6, 6.07) is 0. The Kier molecular flexibility index (Phi) is 0.799. The summed E-state index contributed by atoms with van der Waals surface area (Å²) in [5, 5.41) is 4.19. The highest BCUT2D eigenvalue weighted by atomic mass is 32.2. The van der Waals surface area contributed by atoms with Crippen LogP contribution in [0.25, 0.3) is 0 Å². The molecule has 0 atom stereocenters. The fraction of sp³-hybridized carbons (Fsp3) is 0. The lowest BCUT2D eigenvalue weighted by Crippen LogP contribution is -1.21. The molecule has 1 aliphatic heterocycles. The lowest BCUT2D eigenvalue weighted by atomic mass is 10.6. The van der Waals surface area contributed by atoms with Crippen molar-refractivity contribution in [2.45, 2.75) is 0 Å². The second-order valence-corrected chi connectivity index (χ2v) is 1.73. The van der Waals surface area contributed by atoms with E-state index in [9.17, 15) is 0 Å². The normalized spacial score (nSPS) is 17.6. The maximum absolute atomic E-state index is 2.10. The van der Waals surface area contributed by atoms with Crippen molar-refractivity contribution in [2.75, 3.05) is 0 Å². The molecule has 1 radical (unpaired) electrons. The second-order valence-electron chi connectivity index (χ2n) is 0.832. The van der Waals surface area contributed by atoms with Crippen molar-refractivity contribution in [1.82, 2.24) is 0 Å². The van der Waals surface area contributed by atoms with Crippen LogP contribution in [0.4, 0.5) is 0 Å². The van der Waals surface area contributed by atoms with Gasteiger partial charge < -0.3 is 0 Å². The van der Waals surface area contributed by atoms with E-state index < -0.39 is 0 Å². The highest BCUT2D eigenvalue weighted by Gasteiger charge is 1.70. The van der Waals surface area contributed by atoms with Gasteiger partial charge in [-0.05, 0) is 10.8 Å². The van der Waals surface area contributed by atoms with Gasteiger partial charge in [0.2, 0.25) is 0 Å². The van der Waals surface area contributed by atoms with Crippen LogP contribution < -0.4 is 0 Å². The maximum atomic E-state index is 2.10. The Morgan fingerprint density at radius 3 is 1.80 bits per heavy atom. The van der Waals surface area contributed by atoms with Crippen LogP contribution in [0.1, 0.15) is 0 Å². The van der Waals surface area contributed by atoms with Gasteiger partial charge in [-0.2, -0.15) is 11.8 Å². The van der Waals surface area contributed by atoms with Gasteiger partial charge in [-0.15, -0.1) is 0 Å². The number of allylic oxidation sites excluding steroid dienone is 2. The molecular formula is C4H5S. The minimum atomic E-state index is 1.33. The van der Waals surface area contributed by atoms with Crippen LogP contribution in [0.3, 0.4) is 0 Å². The molecule has 0 saturated heterocycles. The van der Waals surface area contributed by atoms with Crippen molar-refractivity contribution in [2.24, 2.45) is 0 Å². The Balaban J connectivity index is 2.61. The van der Waals surface area contributed by atoms with E-state index in [0.29, 0.717) is 0 Å². The summed E-state index contributed by atoms with van der Waals surface area (Å²) in [5.41, 5.74) is 0. The Morgan fingerprint density at radius 2 is 1.60 bits per heavy atom. The maximum Gasteiger partial charge on any atom is -0.0378 e. The van der Waals surface area contributed by atoms with Gasteiger partial charge in [0.05, 0.1) is 0 Å². The lowest BCUT2D eigenvalue weighted by Gasteiger charge is -1.62. The zero-order chi connectivity index (χ0) is 3.54. The van der Waals surface area contributed by atoms with E-state index >= 15 is 0 Å². The smallest absolute Gasteiger partial charge is 0.0378 e. The zero-order valence-corrected chi connectivity index (χ0v) is 3.65. The van der Waals surface area contributed by atoms with Gasteiger partial charge in [0.15, 0.2) is 0 Å². The first-order chi connectivity index (χ1) is 2.50. The highest BCUT2D eigenvalue weighted by Crippen LogP contribution is 2.09. The standard InChI is InChI=1S/C4H5S/c1-2-4-5-3-1/h1-5H. The average molecular weight is 85.2 g/mol. The molecule has 0 nitrogen and oxygen atoms in total. The Hall–Kier alpha value is -0.170. The minimum Gasteiger partial charge on any atom is -0.176 e. The van der Waals surface area contributed by atoms with Gasteiger partial charge >= 0.3 is 0 Å². The molecule has 1 aliphatic rings. The summed E-state index contributed by atoms with van der Waals surface area (Å²) < 4.78 is 0. The molecule has 0 N–H and O–H groups in total. The van der Waals surface area contributed by atoms with Crippen LogP contribution in [0.2, 0.25) is 0 Å². The molecule has 5 heavy (non-hydrogen) atoms.